The molecule has 1 aromatic carbocycles. The highest BCUT2D eigenvalue weighted by atomic mass is 32.2. The Kier molecular flexibility index (Phi) is 6.44. The number of hydrogen-bond donors (Lipinski definition) is 1. The van der Waals surface area contributed by atoms with Crippen molar-refractivity contribution in [3.05, 3.63) is 64.1 Å². The van der Waals surface area contributed by atoms with Gasteiger partial charge in [-0.2, -0.15) is 0 Å². The van der Waals surface area contributed by atoms with Gasteiger partial charge in [-0.05, 0) is 36.3 Å². The van der Waals surface area contributed by atoms with Crippen molar-refractivity contribution >= 4 is 29.0 Å². The van der Waals surface area contributed by atoms with Crippen LogP contribution in [0.5, 0.6) is 0 Å². The van der Waals surface area contributed by atoms with E-state index >= 15 is 0 Å². The molecule has 0 spiro atoms. The summed E-state index contributed by atoms with van der Waals surface area (Å²) in [4.78, 5) is 13.7. The molecule has 1 atom stereocenters. The summed E-state index contributed by atoms with van der Waals surface area (Å²) in [6, 6.07) is 14.7. The van der Waals surface area contributed by atoms with Crippen molar-refractivity contribution in [1.82, 2.24) is 20.1 Å². The fraction of sp³-hybridized carbons (Fsp3) is 0.381. The summed E-state index contributed by atoms with van der Waals surface area (Å²) in [5.74, 6) is 1.09. The van der Waals surface area contributed by atoms with E-state index in [2.05, 4.69) is 61.9 Å². The van der Waals surface area contributed by atoms with Crippen LogP contribution in [0.1, 0.15) is 35.5 Å². The highest BCUT2D eigenvalue weighted by Gasteiger charge is 2.25. The van der Waals surface area contributed by atoms with Crippen LogP contribution in [0, 0.1) is 0 Å². The maximum Gasteiger partial charge on any atom is 0.233 e. The van der Waals surface area contributed by atoms with Crippen molar-refractivity contribution in [2.75, 3.05) is 6.54 Å². The number of thiophene rings is 1. The molecule has 1 aliphatic heterocycles. The van der Waals surface area contributed by atoms with Gasteiger partial charge in [0.25, 0.3) is 0 Å². The lowest BCUT2D eigenvalue weighted by molar-refractivity contribution is -0.120. The summed E-state index contributed by atoms with van der Waals surface area (Å²) in [5.41, 5.74) is 1.29. The zero-order valence-electron chi connectivity index (χ0n) is 15.7. The quantitative estimate of drug-likeness (QED) is 0.639. The average molecular weight is 413 g/mol. The first-order valence-electron chi connectivity index (χ1n) is 9.72. The first-order valence-corrected chi connectivity index (χ1v) is 11.5. The fourth-order valence-corrected chi connectivity index (χ4v) is 5.21. The fourth-order valence-electron chi connectivity index (χ4n) is 3.37. The third-order valence-corrected chi connectivity index (χ3v) is 7.03. The van der Waals surface area contributed by atoms with Gasteiger partial charge in [0.2, 0.25) is 5.91 Å². The Bertz CT molecular complexity index is 893. The molecule has 1 fully saturated rings. The van der Waals surface area contributed by atoms with Crippen LogP contribution in [0.4, 0.5) is 0 Å². The first kappa shape index (κ1) is 19.2. The number of rotatable bonds is 7. The lowest BCUT2D eigenvalue weighted by Gasteiger charge is -2.14. The summed E-state index contributed by atoms with van der Waals surface area (Å²) in [6.45, 7) is 1.59. The van der Waals surface area contributed by atoms with Gasteiger partial charge in [-0.1, -0.05) is 54.6 Å². The highest BCUT2D eigenvalue weighted by molar-refractivity contribution is 8.00. The van der Waals surface area contributed by atoms with Gasteiger partial charge in [-0.15, -0.1) is 21.5 Å². The lowest BCUT2D eigenvalue weighted by atomic mass is 10.1. The number of nitrogens with one attached hydrogen (secondary N) is 1. The number of hydrogen-bond acceptors (Lipinski definition) is 5. The molecular formula is C21H24N4OS2. The highest BCUT2D eigenvalue weighted by Crippen LogP contribution is 2.28. The maximum atomic E-state index is 12.4. The summed E-state index contributed by atoms with van der Waals surface area (Å²) < 4.78 is 2.20. The summed E-state index contributed by atoms with van der Waals surface area (Å²) in [5, 5.41) is 14.8. The monoisotopic (exact) mass is 412 g/mol. The molecule has 3 heterocycles. The largest absolute Gasteiger partial charge is 0.355 e. The molecule has 1 N–H and O–H groups in total. The van der Waals surface area contributed by atoms with Crippen LogP contribution in [-0.4, -0.2) is 32.5 Å². The van der Waals surface area contributed by atoms with Gasteiger partial charge in [0.15, 0.2) is 5.16 Å². The van der Waals surface area contributed by atoms with Gasteiger partial charge < -0.3 is 9.88 Å². The molecule has 4 rings (SSSR count). The van der Waals surface area contributed by atoms with E-state index in [-0.39, 0.29) is 11.2 Å². The molecule has 1 amide bonds. The van der Waals surface area contributed by atoms with E-state index in [1.807, 2.05) is 6.07 Å². The molecular weight excluding hydrogens is 388 g/mol. The molecule has 0 radical (unpaired) electrons. The summed E-state index contributed by atoms with van der Waals surface area (Å²) in [6.07, 6.45) is 4.70. The standard InChI is InChI=1S/C21H24N4OS2/c26-20-18(10-4-5-12-22-20)28-21-24-23-19(15-17-9-6-14-27-17)25(21)13-11-16-7-2-1-3-8-16/h1-3,6-9,14,18H,4-5,10-13,15H2,(H,22,26). The Morgan fingerprint density at radius 3 is 2.86 bits per heavy atom. The normalized spacial score (nSPS) is 17.3. The third kappa shape index (κ3) is 4.83. The maximum absolute atomic E-state index is 12.4. The molecule has 1 saturated heterocycles. The van der Waals surface area contributed by atoms with E-state index in [1.165, 1.54) is 10.4 Å². The molecule has 146 valence electrons. The molecule has 7 heteroatoms. The van der Waals surface area contributed by atoms with Crippen molar-refractivity contribution in [3.8, 4) is 0 Å². The Morgan fingerprint density at radius 1 is 1.14 bits per heavy atom. The Hall–Kier alpha value is -2.12. The Labute approximate surface area is 173 Å². The molecule has 1 aliphatic rings. The van der Waals surface area contributed by atoms with E-state index in [4.69, 9.17) is 0 Å². The van der Waals surface area contributed by atoms with Crippen molar-refractivity contribution in [2.45, 2.75) is 49.1 Å². The second kappa shape index (κ2) is 9.39. The SMILES string of the molecule is O=C1NCCCCC1Sc1nnc(Cc2cccs2)n1CCc1ccccc1. The van der Waals surface area contributed by atoms with Crippen LogP contribution in [0.2, 0.25) is 0 Å². The minimum Gasteiger partial charge on any atom is -0.355 e. The minimum atomic E-state index is -0.0863. The van der Waals surface area contributed by atoms with E-state index in [9.17, 15) is 4.79 Å². The number of thioether (sulfide) groups is 1. The predicted octanol–water partition coefficient (Wildman–Crippen LogP) is 3.93. The first-order chi connectivity index (χ1) is 13.8. The number of aromatic nitrogens is 3. The second-order valence-corrected chi connectivity index (χ2v) is 9.14. The van der Waals surface area contributed by atoms with Gasteiger partial charge in [0.1, 0.15) is 5.82 Å². The summed E-state index contributed by atoms with van der Waals surface area (Å²) >= 11 is 3.30. The number of nitrogens with zero attached hydrogens (tertiary/aromatic N) is 3. The molecule has 2 aromatic heterocycles. The van der Waals surface area contributed by atoms with Crippen LogP contribution in [0.3, 0.4) is 0 Å². The molecule has 3 aromatic rings. The second-order valence-electron chi connectivity index (χ2n) is 6.94. The predicted molar refractivity (Wildman–Crippen MR) is 114 cm³/mol. The Morgan fingerprint density at radius 2 is 2.04 bits per heavy atom. The zero-order chi connectivity index (χ0) is 19.2. The van der Waals surface area contributed by atoms with Gasteiger partial charge in [-0.3, -0.25) is 4.79 Å². The molecule has 0 aliphatic carbocycles. The number of carbonyl (C=O) groups excluding carboxylic acids is 1. The van der Waals surface area contributed by atoms with Crippen LogP contribution in [0.25, 0.3) is 0 Å². The number of benzene rings is 1. The molecule has 28 heavy (non-hydrogen) atoms. The third-order valence-electron chi connectivity index (χ3n) is 4.91. The van der Waals surface area contributed by atoms with E-state index in [1.54, 1.807) is 23.1 Å². The van der Waals surface area contributed by atoms with Crippen LogP contribution < -0.4 is 5.32 Å². The van der Waals surface area contributed by atoms with Crippen molar-refractivity contribution < 1.29 is 4.79 Å². The zero-order valence-corrected chi connectivity index (χ0v) is 17.3. The van der Waals surface area contributed by atoms with Crippen LogP contribution >= 0.6 is 23.1 Å². The van der Waals surface area contributed by atoms with Crippen molar-refractivity contribution in [1.29, 1.82) is 0 Å². The van der Waals surface area contributed by atoms with Crippen LogP contribution in [0.15, 0.2) is 53.0 Å². The summed E-state index contributed by atoms with van der Waals surface area (Å²) in [7, 11) is 0. The molecule has 5 nitrogen and oxygen atoms in total. The van der Waals surface area contributed by atoms with Gasteiger partial charge in [-0.25, -0.2) is 0 Å². The van der Waals surface area contributed by atoms with E-state index in [0.717, 1.165) is 56.2 Å². The number of aryl methyl sites for hydroxylation is 1. The minimum absolute atomic E-state index is 0.0863. The van der Waals surface area contributed by atoms with Gasteiger partial charge in [0.05, 0.1) is 5.25 Å². The molecule has 1 unspecified atom stereocenters. The molecule has 0 bridgehead atoms. The van der Waals surface area contributed by atoms with Gasteiger partial charge in [0, 0.05) is 24.4 Å². The van der Waals surface area contributed by atoms with Crippen molar-refractivity contribution in [2.24, 2.45) is 0 Å². The van der Waals surface area contributed by atoms with Gasteiger partial charge >= 0.3 is 0 Å². The smallest absolute Gasteiger partial charge is 0.233 e. The van der Waals surface area contributed by atoms with E-state index in [0.29, 0.717) is 0 Å². The van der Waals surface area contributed by atoms with Crippen molar-refractivity contribution in [3.63, 3.8) is 0 Å². The van der Waals surface area contributed by atoms with E-state index < -0.39 is 0 Å². The topological polar surface area (TPSA) is 59.8 Å². The lowest BCUT2D eigenvalue weighted by Crippen LogP contribution is -2.30. The Balaban J connectivity index is 1.55. The molecule has 0 saturated carbocycles. The number of carbonyl (C=O) groups is 1. The number of amides is 1. The average Bonchev–Trinajstić information content (AvgIpc) is 3.31. The van der Waals surface area contributed by atoms with Crippen LogP contribution in [-0.2, 0) is 24.2 Å².